The van der Waals surface area contributed by atoms with Crippen LogP contribution in [0.2, 0.25) is 0 Å². The van der Waals surface area contributed by atoms with Crippen LogP contribution in [-0.4, -0.2) is 67.6 Å². The van der Waals surface area contributed by atoms with Crippen LogP contribution in [0.15, 0.2) is 24.3 Å². The molecule has 3 fully saturated rings. The molecular weight excluding hydrogens is 344 g/mol. The van der Waals surface area contributed by atoms with Crippen molar-refractivity contribution in [2.24, 2.45) is 11.8 Å². The number of hydrogen-bond donors (Lipinski definition) is 0. The number of nitrogens with zero attached hydrogens (tertiary/aromatic N) is 2. The van der Waals surface area contributed by atoms with Crippen LogP contribution in [0.1, 0.15) is 36.0 Å². The van der Waals surface area contributed by atoms with E-state index in [-0.39, 0.29) is 5.91 Å². The van der Waals surface area contributed by atoms with Crippen LogP contribution in [0.3, 0.4) is 0 Å². The molecule has 2 saturated heterocycles. The average molecular weight is 372 g/mol. The van der Waals surface area contributed by atoms with Crippen molar-refractivity contribution < 1.29 is 19.1 Å². The molecule has 0 bridgehead atoms. The lowest BCUT2D eigenvalue weighted by Crippen LogP contribution is -2.41. The van der Waals surface area contributed by atoms with E-state index in [0.29, 0.717) is 62.0 Å². The molecule has 0 atom stereocenters. The summed E-state index contributed by atoms with van der Waals surface area (Å²) in [5, 5.41) is 0. The molecule has 2 heterocycles. The van der Waals surface area contributed by atoms with E-state index in [0.717, 1.165) is 38.8 Å². The van der Waals surface area contributed by atoms with E-state index >= 15 is 0 Å². The summed E-state index contributed by atoms with van der Waals surface area (Å²) in [6.45, 7) is 4.69. The lowest BCUT2D eigenvalue weighted by atomic mass is 9.97. The number of likely N-dealkylation sites (tertiary alicyclic amines) is 1. The topological polar surface area (TPSA) is 59.1 Å². The zero-order chi connectivity index (χ0) is 18.6. The molecule has 1 aromatic rings. The zero-order valence-corrected chi connectivity index (χ0v) is 15.8. The average Bonchev–Trinajstić information content (AvgIpc) is 3.58. The number of para-hydroxylation sites is 1. The van der Waals surface area contributed by atoms with Gasteiger partial charge in [0.15, 0.2) is 0 Å². The fourth-order valence-corrected chi connectivity index (χ4v) is 3.82. The van der Waals surface area contributed by atoms with Crippen molar-refractivity contribution in [2.75, 3.05) is 46.0 Å². The Kier molecular flexibility index (Phi) is 5.62. The largest absolute Gasteiger partial charge is 0.492 e. The summed E-state index contributed by atoms with van der Waals surface area (Å²) in [4.78, 5) is 28.8. The molecule has 0 spiro atoms. The van der Waals surface area contributed by atoms with Crippen molar-refractivity contribution in [1.82, 2.24) is 9.80 Å². The van der Waals surface area contributed by atoms with Crippen LogP contribution in [-0.2, 0) is 9.53 Å². The van der Waals surface area contributed by atoms with Crippen LogP contribution in [0, 0.1) is 11.8 Å². The van der Waals surface area contributed by atoms with E-state index in [1.54, 1.807) is 0 Å². The molecule has 146 valence electrons. The highest BCUT2D eigenvalue weighted by molar-refractivity contribution is 5.97. The smallest absolute Gasteiger partial charge is 0.257 e. The van der Waals surface area contributed by atoms with Crippen molar-refractivity contribution in [3.8, 4) is 5.75 Å². The minimum Gasteiger partial charge on any atom is -0.492 e. The Labute approximate surface area is 160 Å². The first-order valence-electron chi connectivity index (χ1n) is 10.1. The van der Waals surface area contributed by atoms with Gasteiger partial charge in [0.2, 0.25) is 5.91 Å². The van der Waals surface area contributed by atoms with Gasteiger partial charge in [-0.2, -0.15) is 0 Å². The second kappa shape index (κ2) is 8.30. The first kappa shape index (κ1) is 18.3. The maximum Gasteiger partial charge on any atom is 0.257 e. The van der Waals surface area contributed by atoms with Crippen LogP contribution in [0.4, 0.5) is 0 Å². The highest BCUT2D eigenvalue weighted by Crippen LogP contribution is 2.32. The number of benzene rings is 1. The molecule has 1 saturated carbocycles. The zero-order valence-electron chi connectivity index (χ0n) is 15.8. The Morgan fingerprint density at radius 2 is 1.67 bits per heavy atom. The monoisotopic (exact) mass is 372 g/mol. The van der Waals surface area contributed by atoms with Gasteiger partial charge in [-0.15, -0.1) is 0 Å². The third-order valence-electron chi connectivity index (χ3n) is 5.74. The van der Waals surface area contributed by atoms with Gasteiger partial charge >= 0.3 is 0 Å². The fraction of sp³-hybridized carbons (Fsp3) is 0.619. The summed E-state index contributed by atoms with van der Waals surface area (Å²) in [5.74, 6) is 1.75. The van der Waals surface area contributed by atoms with Crippen LogP contribution in [0.5, 0.6) is 5.75 Å². The van der Waals surface area contributed by atoms with Gasteiger partial charge in [0.1, 0.15) is 5.75 Å². The number of carbonyl (C=O) groups excluding carboxylic acids is 2. The van der Waals surface area contributed by atoms with Crippen LogP contribution in [0.25, 0.3) is 0 Å². The van der Waals surface area contributed by atoms with Crippen LogP contribution < -0.4 is 4.74 Å². The maximum atomic E-state index is 12.8. The van der Waals surface area contributed by atoms with E-state index < -0.39 is 0 Å². The molecule has 0 radical (unpaired) electrons. The van der Waals surface area contributed by atoms with Gasteiger partial charge in [0.25, 0.3) is 5.91 Å². The molecular formula is C21H28N2O4. The molecule has 1 aromatic carbocycles. The SMILES string of the molecule is O=C(c1ccccc1OCC1CCN(C(=O)C2CC2)CC1)N1CCOCC1. The summed E-state index contributed by atoms with van der Waals surface area (Å²) in [7, 11) is 0. The Hall–Kier alpha value is -2.08. The second-order valence-corrected chi connectivity index (χ2v) is 7.75. The van der Waals surface area contributed by atoms with Crippen molar-refractivity contribution >= 4 is 11.8 Å². The maximum absolute atomic E-state index is 12.8. The lowest BCUT2D eigenvalue weighted by molar-refractivity contribution is -0.134. The number of rotatable bonds is 5. The van der Waals surface area contributed by atoms with Crippen molar-refractivity contribution in [2.45, 2.75) is 25.7 Å². The number of carbonyl (C=O) groups is 2. The summed E-state index contributed by atoms with van der Waals surface area (Å²) in [5.41, 5.74) is 0.626. The minimum atomic E-state index is 0.0127. The van der Waals surface area contributed by atoms with Gasteiger partial charge in [-0.3, -0.25) is 9.59 Å². The molecule has 2 aliphatic heterocycles. The molecule has 2 amide bonds. The molecule has 0 N–H and O–H groups in total. The third kappa shape index (κ3) is 4.43. The first-order chi connectivity index (χ1) is 13.2. The van der Waals surface area contributed by atoms with Gasteiger partial charge < -0.3 is 19.3 Å². The third-order valence-corrected chi connectivity index (χ3v) is 5.74. The predicted octanol–water partition coefficient (Wildman–Crippen LogP) is 2.19. The summed E-state index contributed by atoms with van der Waals surface area (Å²) in [6, 6.07) is 7.49. The highest BCUT2D eigenvalue weighted by Gasteiger charge is 2.35. The fourth-order valence-electron chi connectivity index (χ4n) is 3.82. The number of amides is 2. The summed E-state index contributed by atoms with van der Waals surface area (Å²) >= 11 is 0. The standard InChI is InChI=1S/C21H28N2O4/c24-20(17-5-6-17)22-9-7-16(8-10-22)15-27-19-4-2-1-3-18(19)21(25)23-11-13-26-14-12-23/h1-4,16-17H,5-15H2. The Balaban J connectivity index is 1.31. The number of piperidine rings is 1. The Morgan fingerprint density at radius 3 is 2.37 bits per heavy atom. The molecule has 0 aromatic heterocycles. The molecule has 3 aliphatic rings. The Bertz CT molecular complexity index is 675. The van der Waals surface area contributed by atoms with Gasteiger partial charge in [-0.05, 0) is 43.7 Å². The minimum absolute atomic E-state index is 0.0127. The van der Waals surface area contributed by atoms with Crippen molar-refractivity contribution in [1.29, 1.82) is 0 Å². The summed E-state index contributed by atoms with van der Waals surface area (Å²) < 4.78 is 11.4. The predicted molar refractivity (Wildman–Crippen MR) is 101 cm³/mol. The van der Waals surface area contributed by atoms with E-state index in [9.17, 15) is 9.59 Å². The normalized spacial score (nSPS) is 21.2. The lowest BCUT2D eigenvalue weighted by Gasteiger charge is -2.32. The summed E-state index contributed by atoms with van der Waals surface area (Å²) in [6.07, 6.45) is 4.07. The van der Waals surface area contributed by atoms with Crippen molar-refractivity contribution in [3.05, 3.63) is 29.8 Å². The molecule has 27 heavy (non-hydrogen) atoms. The number of hydrogen-bond acceptors (Lipinski definition) is 4. The Morgan fingerprint density at radius 1 is 0.963 bits per heavy atom. The van der Waals surface area contributed by atoms with Gasteiger partial charge in [0.05, 0.1) is 25.4 Å². The van der Waals surface area contributed by atoms with E-state index in [2.05, 4.69) is 0 Å². The van der Waals surface area contributed by atoms with Gasteiger partial charge in [-0.25, -0.2) is 0 Å². The molecule has 1 aliphatic carbocycles. The van der Waals surface area contributed by atoms with Gasteiger partial charge in [-0.1, -0.05) is 12.1 Å². The molecule has 6 nitrogen and oxygen atoms in total. The first-order valence-corrected chi connectivity index (χ1v) is 10.1. The molecule has 0 unspecified atom stereocenters. The molecule has 4 rings (SSSR count). The van der Waals surface area contributed by atoms with Crippen LogP contribution >= 0.6 is 0 Å². The molecule has 6 heteroatoms. The second-order valence-electron chi connectivity index (χ2n) is 7.75. The number of morpholine rings is 1. The van der Waals surface area contributed by atoms with Gasteiger partial charge in [0, 0.05) is 32.1 Å². The van der Waals surface area contributed by atoms with E-state index in [1.165, 1.54) is 0 Å². The van der Waals surface area contributed by atoms with E-state index in [4.69, 9.17) is 9.47 Å². The van der Waals surface area contributed by atoms with Crippen molar-refractivity contribution in [3.63, 3.8) is 0 Å². The van der Waals surface area contributed by atoms with E-state index in [1.807, 2.05) is 34.1 Å². The highest BCUT2D eigenvalue weighted by atomic mass is 16.5. The quantitative estimate of drug-likeness (QED) is 0.795. The number of ether oxygens (including phenoxy) is 2.